The summed E-state index contributed by atoms with van der Waals surface area (Å²) in [6, 6.07) is 10.3. The molecule has 19 heavy (non-hydrogen) atoms. The van der Waals surface area contributed by atoms with Gasteiger partial charge < -0.3 is 9.72 Å². The van der Waals surface area contributed by atoms with E-state index >= 15 is 0 Å². The van der Waals surface area contributed by atoms with Gasteiger partial charge in [0.15, 0.2) is 0 Å². The first-order valence-electron chi connectivity index (χ1n) is 6.69. The van der Waals surface area contributed by atoms with E-state index in [1.54, 1.807) is 0 Å². The van der Waals surface area contributed by atoms with Crippen LogP contribution in [-0.2, 0) is 17.8 Å². The number of rotatable bonds is 6. The molecule has 0 spiro atoms. The molecule has 0 atom stereocenters. The van der Waals surface area contributed by atoms with E-state index in [1.165, 1.54) is 27.8 Å². The number of nitrogens with one attached hydrogen (secondary N) is 1. The lowest BCUT2D eigenvalue weighted by Crippen LogP contribution is -2.00. The van der Waals surface area contributed by atoms with Crippen LogP contribution in [0.2, 0.25) is 0 Å². The molecule has 0 amide bonds. The number of halogens is 1. The largest absolute Gasteiger partial charge is 0.376 e. The third-order valence-corrected chi connectivity index (χ3v) is 4.12. The van der Waals surface area contributed by atoms with Gasteiger partial charge in [-0.1, -0.05) is 30.3 Å². The summed E-state index contributed by atoms with van der Waals surface area (Å²) < 4.78 is 6.89. The molecule has 1 aromatic heterocycles. The number of H-pyrrole nitrogens is 1. The van der Waals surface area contributed by atoms with Crippen molar-refractivity contribution in [1.29, 1.82) is 0 Å². The summed E-state index contributed by atoms with van der Waals surface area (Å²) in [5.41, 5.74) is 2.48. The maximum atomic E-state index is 5.69. The summed E-state index contributed by atoms with van der Waals surface area (Å²) in [5, 5.41) is 0. The zero-order chi connectivity index (χ0) is 13.1. The predicted molar refractivity (Wildman–Crippen MR) is 83.1 cm³/mol. The molecule has 1 heterocycles. The van der Waals surface area contributed by atoms with E-state index in [0.29, 0.717) is 19.1 Å². The van der Waals surface area contributed by atoms with Gasteiger partial charge in [-0.15, -0.1) is 0 Å². The average molecular weight is 368 g/mol. The number of ether oxygens (including phenoxy) is 1. The van der Waals surface area contributed by atoms with E-state index in [1.807, 2.05) is 18.2 Å². The van der Waals surface area contributed by atoms with Crippen molar-refractivity contribution in [2.75, 3.05) is 6.61 Å². The quantitative estimate of drug-likeness (QED) is 0.624. The molecule has 1 saturated carbocycles. The fourth-order valence-electron chi connectivity index (χ4n) is 2.09. The molecule has 4 heteroatoms. The van der Waals surface area contributed by atoms with Gasteiger partial charge in [0.2, 0.25) is 0 Å². The molecule has 1 aliphatic rings. The summed E-state index contributed by atoms with van der Waals surface area (Å²) in [4.78, 5) is 8.03. The van der Waals surface area contributed by atoms with E-state index in [-0.39, 0.29) is 0 Å². The second kappa shape index (κ2) is 6.05. The van der Waals surface area contributed by atoms with Crippen molar-refractivity contribution < 1.29 is 4.74 Å². The molecular formula is C15H17IN2O. The molecule has 1 fully saturated rings. The molecule has 100 valence electrons. The Labute approximate surface area is 126 Å². The van der Waals surface area contributed by atoms with Crippen LogP contribution in [-0.4, -0.2) is 16.6 Å². The third-order valence-electron chi connectivity index (χ3n) is 3.29. The first-order valence-corrected chi connectivity index (χ1v) is 7.77. The highest BCUT2D eigenvalue weighted by Gasteiger charge is 2.28. The van der Waals surface area contributed by atoms with Crippen molar-refractivity contribution in [1.82, 2.24) is 9.97 Å². The lowest BCUT2D eigenvalue weighted by atomic mass is 10.2. The Kier molecular flexibility index (Phi) is 4.18. The Morgan fingerprint density at radius 1 is 1.26 bits per heavy atom. The van der Waals surface area contributed by atoms with Crippen LogP contribution in [0.4, 0.5) is 0 Å². The number of imidazole rings is 1. The Balaban J connectivity index is 1.46. The Hall–Kier alpha value is -0.880. The average Bonchev–Trinajstić information content (AvgIpc) is 3.20. The number of hydrogen-bond acceptors (Lipinski definition) is 2. The Bertz CT molecular complexity index is 534. The second-order valence-electron chi connectivity index (χ2n) is 4.95. The van der Waals surface area contributed by atoms with Crippen LogP contribution in [0.25, 0.3) is 0 Å². The first-order chi connectivity index (χ1) is 9.33. The monoisotopic (exact) mass is 368 g/mol. The van der Waals surface area contributed by atoms with Crippen molar-refractivity contribution in [3.8, 4) is 0 Å². The summed E-state index contributed by atoms with van der Waals surface area (Å²) >= 11 is 2.35. The van der Waals surface area contributed by atoms with Gasteiger partial charge in [-0.05, 0) is 41.0 Å². The van der Waals surface area contributed by atoms with E-state index in [2.05, 4.69) is 44.7 Å². The molecule has 0 saturated heterocycles. The SMILES string of the molecule is Ic1[nH]c(CCOCc2ccccc2)nc1C1CC1. The van der Waals surface area contributed by atoms with E-state index < -0.39 is 0 Å². The van der Waals surface area contributed by atoms with Crippen LogP contribution in [0.1, 0.15) is 35.8 Å². The van der Waals surface area contributed by atoms with Crippen LogP contribution < -0.4 is 0 Å². The van der Waals surface area contributed by atoms with Crippen molar-refractivity contribution in [3.05, 3.63) is 51.1 Å². The lowest BCUT2D eigenvalue weighted by Gasteiger charge is -2.02. The van der Waals surface area contributed by atoms with Gasteiger partial charge in [-0.3, -0.25) is 0 Å². The van der Waals surface area contributed by atoms with Crippen LogP contribution in [0.3, 0.4) is 0 Å². The second-order valence-corrected chi connectivity index (χ2v) is 6.02. The molecule has 0 unspecified atom stereocenters. The van der Waals surface area contributed by atoms with Gasteiger partial charge in [-0.2, -0.15) is 0 Å². The predicted octanol–water partition coefficient (Wildman–Crippen LogP) is 3.65. The highest BCUT2D eigenvalue weighted by atomic mass is 127. The normalized spacial score (nSPS) is 14.8. The summed E-state index contributed by atoms with van der Waals surface area (Å²) in [6.45, 7) is 1.39. The van der Waals surface area contributed by atoms with Crippen molar-refractivity contribution >= 4 is 22.6 Å². The van der Waals surface area contributed by atoms with Crippen LogP contribution in [0.5, 0.6) is 0 Å². The first kappa shape index (κ1) is 13.1. The van der Waals surface area contributed by atoms with Gasteiger partial charge in [0.25, 0.3) is 0 Å². The molecule has 0 bridgehead atoms. The van der Waals surface area contributed by atoms with Crippen LogP contribution in [0.15, 0.2) is 30.3 Å². The minimum absolute atomic E-state index is 0.675. The van der Waals surface area contributed by atoms with Gasteiger partial charge in [-0.25, -0.2) is 4.98 Å². The molecule has 1 aliphatic carbocycles. The zero-order valence-corrected chi connectivity index (χ0v) is 12.9. The zero-order valence-electron chi connectivity index (χ0n) is 10.7. The number of aromatic amines is 1. The van der Waals surface area contributed by atoms with E-state index in [0.717, 1.165) is 12.2 Å². The standard InChI is InChI=1S/C15H17IN2O/c16-15-14(12-6-7-12)17-13(18-15)8-9-19-10-11-4-2-1-3-5-11/h1-5,12H,6-10H2,(H,17,18). The van der Waals surface area contributed by atoms with Crippen LogP contribution >= 0.6 is 22.6 Å². The van der Waals surface area contributed by atoms with Crippen molar-refractivity contribution in [3.63, 3.8) is 0 Å². The molecule has 0 radical (unpaired) electrons. The summed E-state index contributed by atoms with van der Waals surface area (Å²) in [7, 11) is 0. The van der Waals surface area contributed by atoms with Gasteiger partial charge in [0, 0.05) is 12.3 Å². The minimum Gasteiger partial charge on any atom is -0.376 e. The van der Waals surface area contributed by atoms with Gasteiger partial charge >= 0.3 is 0 Å². The smallest absolute Gasteiger partial charge is 0.109 e. The fraction of sp³-hybridized carbons (Fsp3) is 0.400. The maximum absolute atomic E-state index is 5.69. The molecule has 3 nitrogen and oxygen atoms in total. The maximum Gasteiger partial charge on any atom is 0.109 e. The van der Waals surface area contributed by atoms with E-state index in [4.69, 9.17) is 4.74 Å². The lowest BCUT2D eigenvalue weighted by molar-refractivity contribution is 0.122. The number of hydrogen-bond donors (Lipinski definition) is 1. The van der Waals surface area contributed by atoms with E-state index in [9.17, 15) is 0 Å². The minimum atomic E-state index is 0.675. The molecule has 0 aliphatic heterocycles. The molecule has 3 rings (SSSR count). The summed E-state index contributed by atoms with van der Waals surface area (Å²) in [6.07, 6.45) is 3.45. The van der Waals surface area contributed by atoms with Gasteiger partial charge in [0.05, 0.1) is 18.9 Å². The Morgan fingerprint density at radius 3 is 2.79 bits per heavy atom. The van der Waals surface area contributed by atoms with Gasteiger partial charge in [0.1, 0.15) is 9.53 Å². The highest BCUT2D eigenvalue weighted by molar-refractivity contribution is 14.1. The molecule has 1 aromatic carbocycles. The summed E-state index contributed by atoms with van der Waals surface area (Å²) in [5.74, 6) is 1.77. The van der Waals surface area contributed by atoms with Crippen molar-refractivity contribution in [2.24, 2.45) is 0 Å². The number of aromatic nitrogens is 2. The molecular weight excluding hydrogens is 351 g/mol. The fourth-order valence-corrected chi connectivity index (χ4v) is 2.96. The third kappa shape index (κ3) is 3.57. The molecule has 1 N–H and O–H groups in total. The topological polar surface area (TPSA) is 37.9 Å². The highest BCUT2D eigenvalue weighted by Crippen LogP contribution is 2.40. The number of nitrogens with zero attached hydrogens (tertiary/aromatic N) is 1. The van der Waals surface area contributed by atoms with Crippen molar-refractivity contribution in [2.45, 2.75) is 31.8 Å². The van der Waals surface area contributed by atoms with Crippen LogP contribution in [0, 0.1) is 3.70 Å². The molecule has 2 aromatic rings. The Morgan fingerprint density at radius 2 is 2.05 bits per heavy atom. The number of benzene rings is 1.